The van der Waals surface area contributed by atoms with E-state index in [9.17, 15) is 0 Å². The quantitative estimate of drug-likeness (QED) is 0.735. The molecule has 1 atom stereocenters. The minimum Gasteiger partial charge on any atom is -0.318 e. The first-order chi connectivity index (χ1) is 7.90. The molecule has 0 aliphatic heterocycles. The maximum atomic E-state index is 5.85. The van der Waals surface area contributed by atoms with Crippen molar-refractivity contribution in [1.29, 1.82) is 0 Å². The summed E-state index contributed by atoms with van der Waals surface area (Å²) in [6.07, 6.45) is 0.898. The maximum Gasteiger partial charge on any atom is 0.0665 e. The van der Waals surface area contributed by atoms with Crippen molar-refractivity contribution in [3.63, 3.8) is 0 Å². The summed E-state index contributed by atoms with van der Waals surface area (Å²) in [6.45, 7) is 12.9. The third kappa shape index (κ3) is 2.70. The second-order valence-corrected chi connectivity index (χ2v) is 4.78. The lowest BCUT2D eigenvalue weighted by atomic mass is 9.90. The van der Waals surface area contributed by atoms with E-state index in [0.717, 1.165) is 12.0 Å². The average molecular weight is 229 g/mol. The minimum absolute atomic E-state index is 0.0179. The molecule has 0 fully saturated rings. The van der Waals surface area contributed by atoms with Crippen LogP contribution < -0.4 is 5.73 Å². The Labute approximate surface area is 105 Å². The highest BCUT2D eigenvalue weighted by Crippen LogP contribution is 2.25. The number of nitrogens with two attached hydrogens (primary N) is 1. The van der Waals surface area contributed by atoms with Gasteiger partial charge in [-0.1, -0.05) is 18.8 Å². The molecule has 1 aromatic rings. The fourth-order valence-electron chi connectivity index (χ4n) is 1.95. The Morgan fingerprint density at radius 1 is 0.882 bits per heavy atom. The molecule has 1 heteroatoms. The summed E-state index contributed by atoms with van der Waals surface area (Å²) in [5.74, 6) is 6.40. The molecule has 0 heterocycles. The van der Waals surface area contributed by atoms with Crippen LogP contribution in [0.1, 0.15) is 46.7 Å². The first-order valence-corrected chi connectivity index (χ1v) is 6.24. The maximum absolute atomic E-state index is 5.85. The molecule has 2 N–H and O–H groups in total. The van der Waals surface area contributed by atoms with Crippen LogP contribution in [0.3, 0.4) is 0 Å². The molecule has 0 aliphatic rings. The molecule has 0 radical (unpaired) electrons. The summed E-state index contributed by atoms with van der Waals surface area (Å²) in [4.78, 5) is 0. The molecular formula is C16H23N. The van der Waals surface area contributed by atoms with E-state index in [1.807, 2.05) is 0 Å². The second-order valence-electron chi connectivity index (χ2n) is 4.78. The highest BCUT2D eigenvalue weighted by Gasteiger charge is 2.10. The SMILES string of the molecule is CCC(N)C#Cc1c(C)c(C)c(C)c(C)c1C. The van der Waals surface area contributed by atoms with Gasteiger partial charge in [0, 0.05) is 5.56 Å². The molecule has 0 aromatic heterocycles. The van der Waals surface area contributed by atoms with Crippen LogP contribution in [-0.4, -0.2) is 6.04 Å². The Morgan fingerprint density at radius 2 is 1.29 bits per heavy atom. The van der Waals surface area contributed by atoms with Crippen LogP contribution in [0.15, 0.2) is 0 Å². The monoisotopic (exact) mass is 229 g/mol. The van der Waals surface area contributed by atoms with Crippen molar-refractivity contribution in [2.75, 3.05) is 0 Å². The normalized spacial score (nSPS) is 11.9. The zero-order chi connectivity index (χ0) is 13.2. The van der Waals surface area contributed by atoms with Gasteiger partial charge in [-0.2, -0.15) is 0 Å². The number of hydrogen-bond acceptors (Lipinski definition) is 1. The molecule has 0 aliphatic carbocycles. The lowest BCUT2D eigenvalue weighted by Gasteiger charge is -2.15. The number of rotatable bonds is 1. The fourth-order valence-corrected chi connectivity index (χ4v) is 1.95. The van der Waals surface area contributed by atoms with Gasteiger partial charge in [0.25, 0.3) is 0 Å². The van der Waals surface area contributed by atoms with Crippen LogP contribution in [0.4, 0.5) is 0 Å². The Morgan fingerprint density at radius 3 is 1.71 bits per heavy atom. The van der Waals surface area contributed by atoms with Gasteiger partial charge in [0.2, 0.25) is 0 Å². The molecular weight excluding hydrogens is 206 g/mol. The molecule has 92 valence electrons. The van der Waals surface area contributed by atoms with Crippen LogP contribution in [0.2, 0.25) is 0 Å². The van der Waals surface area contributed by atoms with Crippen LogP contribution in [0, 0.1) is 46.5 Å². The van der Waals surface area contributed by atoms with Crippen LogP contribution in [0.5, 0.6) is 0 Å². The lowest BCUT2D eigenvalue weighted by molar-refractivity contribution is 0.806. The zero-order valence-electron chi connectivity index (χ0n) is 11.9. The van der Waals surface area contributed by atoms with E-state index in [-0.39, 0.29) is 6.04 Å². The van der Waals surface area contributed by atoms with E-state index in [2.05, 4.69) is 53.4 Å². The summed E-state index contributed by atoms with van der Waals surface area (Å²) >= 11 is 0. The summed E-state index contributed by atoms with van der Waals surface area (Å²) in [6, 6.07) is -0.0179. The molecule has 0 bridgehead atoms. The number of benzene rings is 1. The molecule has 1 unspecified atom stereocenters. The van der Waals surface area contributed by atoms with E-state index in [4.69, 9.17) is 5.73 Å². The predicted octanol–water partition coefficient (Wildman–Crippen LogP) is 3.32. The second kappa shape index (κ2) is 5.38. The first-order valence-electron chi connectivity index (χ1n) is 6.24. The van der Waals surface area contributed by atoms with E-state index in [0.29, 0.717) is 0 Å². The van der Waals surface area contributed by atoms with Gasteiger partial charge in [-0.3, -0.25) is 0 Å². The summed E-state index contributed by atoms with van der Waals surface area (Å²) in [5, 5.41) is 0. The van der Waals surface area contributed by atoms with Crippen molar-refractivity contribution in [1.82, 2.24) is 0 Å². The summed E-state index contributed by atoms with van der Waals surface area (Å²) < 4.78 is 0. The topological polar surface area (TPSA) is 26.0 Å². The fraction of sp³-hybridized carbons (Fsp3) is 0.500. The van der Waals surface area contributed by atoms with Crippen LogP contribution in [0.25, 0.3) is 0 Å². The highest BCUT2D eigenvalue weighted by atomic mass is 14.6. The molecule has 0 saturated heterocycles. The smallest absolute Gasteiger partial charge is 0.0665 e. The molecule has 17 heavy (non-hydrogen) atoms. The van der Waals surface area contributed by atoms with E-state index < -0.39 is 0 Å². The third-order valence-electron chi connectivity index (χ3n) is 3.82. The summed E-state index contributed by atoms with van der Waals surface area (Å²) in [7, 11) is 0. The standard InChI is InChI=1S/C16H23N/c1-7-15(17)8-9-16-13(5)11(3)10(2)12(4)14(16)6/h15H,7,17H2,1-6H3. The third-order valence-corrected chi connectivity index (χ3v) is 3.82. The largest absolute Gasteiger partial charge is 0.318 e. The van der Waals surface area contributed by atoms with Gasteiger partial charge in [0.15, 0.2) is 0 Å². The van der Waals surface area contributed by atoms with E-state index in [1.54, 1.807) is 0 Å². The zero-order valence-corrected chi connectivity index (χ0v) is 11.9. The van der Waals surface area contributed by atoms with Gasteiger partial charge >= 0.3 is 0 Å². The van der Waals surface area contributed by atoms with Gasteiger partial charge in [0.1, 0.15) is 0 Å². The molecule has 0 amide bonds. The minimum atomic E-state index is -0.0179. The Bertz CT molecular complexity index is 457. The summed E-state index contributed by atoms with van der Waals surface area (Å²) in [5.41, 5.74) is 13.7. The van der Waals surface area contributed by atoms with Crippen LogP contribution in [-0.2, 0) is 0 Å². The Hall–Kier alpha value is -1.26. The van der Waals surface area contributed by atoms with Gasteiger partial charge in [0.05, 0.1) is 6.04 Å². The van der Waals surface area contributed by atoms with Crippen molar-refractivity contribution in [3.8, 4) is 11.8 Å². The number of hydrogen-bond donors (Lipinski definition) is 1. The Kier molecular flexibility index (Phi) is 4.37. The molecule has 1 rings (SSSR count). The van der Waals surface area contributed by atoms with Crippen LogP contribution >= 0.6 is 0 Å². The van der Waals surface area contributed by atoms with Crippen molar-refractivity contribution >= 4 is 0 Å². The molecule has 0 saturated carbocycles. The predicted molar refractivity (Wildman–Crippen MR) is 75.3 cm³/mol. The average Bonchev–Trinajstić information content (AvgIpc) is 2.33. The molecule has 0 spiro atoms. The van der Waals surface area contributed by atoms with Crippen molar-refractivity contribution in [2.24, 2.45) is 5.73 Å². The van der Waals surface area contributed by atoms with Crippen molar-refractivity contribution in [2.45, 2.75) is 54.0 Å². The van der Waals surface area contributed by atoms with Gasteiger partial charge in [-0.15, -0.1) is 0 Å². The van der Waals surface area contributed by atoms with Gasteiger partial charge in [-0.25, -0.2) is 0 Å². The first kappa shape index (κ1) is 13.8. The van der Waals surface area contributed by atoms with E-state index >= 15 is 0 Å². The lowest BCUT2D eigenvalue weighted by Crippen LogP contribution is -2.15. The van der Waals surface area contributed by atoms with E-state index in [1.165, 1.54) is 27.8 Å². The highest BCUT2D eigenvalue weighted by molar-refractivity contribution is 5.56. The van der Waals surface area contributed by atoms with Gasteiger partial charge in [-0.05, 0) is 68.9 Å². The van der Waals surface area contributed by atoms with Crippen molar-refractivity contribution in [3.05, 3.63) is 33.4 Å². The van der Waals surface area contributed by atoms with Crippen molar-refractivity contribution < 1.29 is 0 Å². The Balaban J connectivity index is 3.38. The molecule has 1 aromatic carbocycles. The molecule has 1 nitrogen and oxygen atoms in total. The van der Waals surface area contributed by atoms with Gasteiger partial charge < -0.3 is 5.73 Å².